The molecule has 0 aliphatic rings. The second kappa shape index (κ2) is 6.46. The smallest absolute Gasteiger partial charge is 0.267 e. The zero-order chi connectivity index (χ0) is 17.4. The molecule has 1 N–H and O–H groups in total. The van der Waals surface area contributed by atoms with Crippen molar-refractivity contribution in [3.8, 4) is 0 Å². The van der Waals surface area contributed by atoms with E-state index in [2.05, 4.69) is 10.3 Å². The number of hydrogen-bond acceptors (Lipinski definition) is 5. The maximum atomic E-state index is 12.4. The quantitative estimate of drug-likeness (QED) is 0.893. The van der Waals surface area contributed by atoms with E-state index in [0.29, 0.717) is 21.3 Å². The van der Waals surface area contributed by atoms with Gasteiger partial charge in [-0.15, -0.1) is 0 Å². The van der Waals surface area contributed by atoms with Crippen molar-refractivity contribution in [1.82, 2.24) is 4.98 Å². The Morgan fingerprint density at radius 3 is 2.61 bits per heavy atom. The van der Waals surface area contributed by atoms with Crippen molar-refractivity contribution in [1.29, 1.82) is 0 Å². The summed E-state index contributed by atoms with van der Waals surface area (Å²) in [6.45, 7) is 3.52. The summed E-state index contributed by atoms with van der Waals surface area (Å²) in [5.41, 5.74) is 1.95. The van der Waals surface area contributed by atoms with Gasteiger partial charge in [-0.1, -0.05) is 29.0 Å². The van der Waals surface area contributed by atoms with Crippen LogP contribution in [-0.4, -0.2) is 32.6 Å². The lowest BCUT2D eigenvalue weighted by atomic mass is 10.2. The number of anilines is 2. The third-order valence-electron chi connectivity index (χ3n) is 3.21. The number of sulfonamides is 1. The molecule has 6 nitrogen and oxygen atoms in total. The first-order chi connectivity index (χ1) is 10.6. The molecule has 0 atom stereocenters. The summed E-state index contributed by atoms with van der Waals surface area (Å²) in [4.78, 5) is 16.9. The number of aryl methyl sites for hydroxylation is 2. The molecule has 2 aromatic rings. The Bertz CT molecular complexity index is 862. The lowest BCUT2D eigenvalue weighted by Gasteiger charge is -2.11. The third kappa shape index (κ3) is 4.01. The van der Waals surface area contributed by atoms with Crippen LogP contribution in [0.2, 0.25) is 5.02 Å². The Morgan fingerprint density at radius 2 is 2.00 bits per heavy atom. The van der Waals surface area contributed by atoms with E-state index in [1.165, 1.54) is 7.05 Å². The van der Waals surface area contributed by atoms with Crippen LogP contribution >= 0.6 is 22.9 Å². The van der Waals surface area contributed by atoms with E-state index in [1.54, 1.807) is 25.1 Å². The number of nitrogens with zero attached hydrogens (tertiary/aromatic N) is 2. The van der Waals surface area contributed by atoms with Gasteiger partial charge in [0.25, 0.3) is 5.91 Å². The highest BCUT2D eigenvalue weighted by Gasteiger charge is 2.21. The molecule has 23 heavy (non-hydrogen) atoms. The van der Waals surface area contributed by atoms with Gasteiger partial charge in [0.1, 0.15) is 4.88 Å². The van der Waals surface area contributed by atoms with Gasteiger partial charge in [-0.3, -0.25) is 4.79 Å². The first kappa shape index (κ1) is 17.7. The second-order valence-corrected chi connectivity index (χ2v) is 8.48. The molecular formula is C14H16ClN3O3S2. The van der Waals surface area contributed by atoms with Crippen molar-refractivity contribution in [2.45, 2.75) is 13.8 Å². The fourth-order valence-electron chi connectivity index (χ4n) is 1.78. The van der Waals surface area contributed by atoms with Gasteiger partial charge in [-0.2, -0.15) is 0 Å². The van der Waals surface area contributed by atoms with Gasteiger partial charge in [0, 0.05) is 17.8 Å². The molecule has 0 unspecified atom stereocenters. The maximum Gasteiger partial charge on any atom is 0.267 e. The molecule has 0 saturated heterocycles. The van der Waals surface area contributed by atoms with Crippen LogP contribution in [0.1, 0.15) is 20.9 Å². The van der Waals surface area contributed by atoms with Crippen molar-refractivity contribution in [3.05, 3.63) is 39.4 Å². The zero-order valence-corrected chi connectivity index (χ0v) is 15.4. The monoisotopic (exact) mass is 373 g/mol. The highest BCUT2D eigenvalue weighted by atomic mass is 35.5. The number of halogens is 1. The molecule has 0 saturated carbocycles. The SMILES string of the molecule is Cc1ccc(Cl)cc1NC(=O)c1sc(N(C)S(C)(=O)=O)nc1C. The van der Waals surface area contributed by atoms with Crippen LogP contribution in [0.15, 0.2) is 18.2 Å². The van der Waals surface area contributed by atoms with Gasteiger partial charge in [-0.25, -0.2) is 17.7 Å². The Hall–Kier alpha value is -1.64. The molecule has 1 amide bonds. The Kier molecular flexibility index (Phi) is 4.98. The highest BCUT2D eigenvalue weighted by molar-refractivity contribution is 7.92. The second-order valence-electron chi connectivity index (χ2n) is 5.05. The number of hydrogen-bond donors (Lipinski definition) is 1. The van der Waals surface area contributed by atoms with E-state index in [-0.39, 0.29) is 11.0 Å². The maximum absolute atomic E-state index is 12.4. The average Bonchev–Trinajstić information content (AvgIpc) is 2.83. The van der Waals surface area contributed by atoms with E-state index < -0.39 is 10.0 Å². The summed E-state index contributed by atoms with van der Waals surface area (Å²) in [6.07, 6.45) is 1.08. The van der Waals surface area contributed by atoms with Gasteiger partial charge >= 0.3 is 0 Å². The number of aromatic nitrogens is 1. The molecule has 0 fully saturated rings. The Balaban J connectivity index is 2.30. The standard InChI is InChI=1S/C14H16ClN3O3S2/c1-8-5-6-10(15)7-11(8)17-13(19)12-9(2)16-14(22-12)18(3)23(4,20)21/h5-7H,1-4H3,(H,17,19). The van der Waals surface area contributed by atoms with E-state index in [4.69, 9.17) is 11.6 Å². The number of carbonyl (C=O) groups excluding carboxylic acids is 1. The number of carbonyl (C=O) groups is 1. The number of amides is 1. The summed E-state index contributed by atoms with van der Waals surface area (Å²) >= 11 is 6.96. The first-order valence-corrected chi connectivity index (χ1v) is 9.62. The molecule has 9 heteroatoms. The minimum Gasteiger partial charge on any atom is -0.321 e. The average molecular weight is 374 g/mol. The Morgan fingerprint density at radius 1 is 1.35 bits per heavy atom. The van der Waals surface area contributed by atoms with Gasteiger partial charge < -0.3 is 5.32 Å². The van der Waals surface area contributed by atoms with Crippen LogP contribution in [0.4, 0.5) is 10.8 Å². The molecular weight excluding hydrogens is 358 g/mol. The van der Waals surface area contributed by atoms with Crippen LogP contribution < -0.4 is 9.62 Å². The fourth-order valence-corrected chi connectivity index (χ4v) is 3.62. The van der Waals surface area contributed by atoms with Crippen molar-refractivity contribution >= 4 is 49.7 Å². The van der Waals surface area contributed by atoms with Gasteiger partial charge in [0.15, 0.2) is 5.13 Å². The Labute approximate surface area is 144 Å². The molecule has 1 heterocycles. The van der Waals surface area contributed by atoms with E-state index in [9.17, 15) is 13.2 Å². The normalized spacial score (nSPS) is 11.3. The molecule has 0 aliphatic carbocycles. The van der Waals surface area contributed by atoms with Gasteiger partial charge in [0.2, 0.25) is 10.0 Å². The van der Waals surface area contributed by atoms with Crippen LogP contribution in [0.25, 0.3) is 0 Å². The number of benzene rings is 1. The summed E-state index contributed by atoms with van der Waals surface area (Å²) in [5, 5.41) is 3.54. The topological polar surface area (TPSA) is 79.4 Å². The van der Waals surface area contributed by atoms with Crippen LogP contribution in [0.3, 0.4) is 0 Å². The lowest BCUT2D eigenvalue weighted by Crippen LogP contribution is -2.24. The number of thiazole rings is 1. The van der Waals surface area contributed by atoms with E-state index >= 15 is 0 Å². The molecule has 2 rings (SSSR count). The van der Waals surface area contributed by atoms with Crippen molar-refractivity contribution in [3.63, 3.8) is 0 Å². The predicted octanol–water partition coefficient (Wildman–Crippen LogP) is 3.06. The summed E-state index contributed by atoms with van der Waals surface area (Å²) < 4.78 is 24.2. The van der Waals surface area contributed by atoms with Gasteiger partial charge in [0.05, 0.1) is 11.9 Å². The number of rotatable bonds is 4. The predicted molar refractivity (Wildman–Crippen MR) is 94.2 cm³/mol. The van der Waals surface area contributed by atoms with E-state index in [1.807, 2.05) is 6.92 Å². The zero-order valence-electron chi connectivity index (χ0n) is 13.0. The van der Waals surface area contributed by atoms with Crippen LogP contribution in [-0.2, 0) is 10.0 Å². The molecule has 1 aromatic carbocycles. The molecule has 0 aliphatic heterocycles. The molecule has 0 radical (unpaired) electrons. The largest absolute Gasteiger partial charge is 0.321 e. The molecule has 0 bridgehead atoms. The highest BCUT2D eigenvalue weighted by Crippen LogP contribution is 2.28. The minimum absolute atomic E-state index is 0.248. The third-order valence-corrected chi connectivity index (χ3v) is 5.96. The first-order valence-electron chi connectivity index (χ1n) is 6.58. The summed E-state index contributed by atoms with van der Waals surface area (Å²) in [5.74, 6) is -0.349. The van der Waals surface area contributed by atoms with Crippen molar-refractivity contribution in [2.24, 2.45) is 0 Å². The number of nitrogens with one attached hydrogen (secondary N) is 1. The summed E-state index contributed by atoms with van der Waals surface area (Å²) in [7, 11) is -2.02. The van der Waals surface area contributed by atoms with Crippen LogP contribution in [0.5, 0.6) is 0 Å². The van der Waals surface area contributed by atoms with Gasteiger partial charge in [-0.05, 0) is 31.5 Å². The molecule has 124 valence electrons. The summed E-state index contributed by atoms with van der Waals surface area (Å²) in [6, 6.07) is 5.21. The lowest BCUT2D eigenvalue weighted by molar-refractivity contribution is 0.102. The van der Waals surface area contributed by atoms with Crippen molar-refractivity contribution < 1.29 is 13.2 Å². The van der Waals surface area contributed by atoms with Crippen molar-refractivity contribution in [2.75, 3.05) is 22.9 Å². The fraction of sp³-hybridized carbons (Fsp3) is 0.286. The molecule has 0 spiro atoms. The minimum atomic E-state index is -3.42. The van der Waals surface area contributed by atoms with E-state index in [0.717, 1.165) is 27.5 Å². The molecule has 1 aromatic heterocycles. The van der Waals surface area contributed by atoms with Crippen LogP contribution in [0, 0.1) is 13.8 Å².